The normalized spacial score (nSPS) is 26.0. The number of hydrogen-bond donors (Lipinski definition) is 2. The molecule has 0 aliphatic carbocycles. The molecule has 0 saturated carbocycles. The lowest BCUT2D eigenvalue weighted by Crippen LogP contribution is -3.20. The lowest BCUT2D eigenvalue weighted by atomic mass is 10.2. The molecule has 0 aromatic heterocycles. The van der Waals surface area contributed by atoms with E-state index in [0.717, 1.165) is 45.7 Å². The Labute approximate surface area is 141 Å². The topological polar surface area (TPSA) is 41.4 Å². The van der Waals surface area contributed by atoms with Crippen molar-refractivity contribution in [3.05, 3.63) is 35.6 Å². The number of nitrogens with zero attached hydrogens (tertiary/aromatic N) is 1. The van der Waals surface area contributed by atoms with Crippen molar-refractivity contribution in [2.45, 2.75) is 24.0 Å². The maximum Gasteiger partial charge on any atom is 0.237 e. The Hall–Kier alpha value is -1.11. The first-order chi connectivity index (χ1) is 11.2. The fourth-order valence-corrected chi connectivity index (χ4v) is 4.86. The van der Waals surface area contributed by atoms with E-state index in [4.69, 9.17) is 0 Å². The third-order valence-corrected chi connectivity index (χ3v) is 6.42. The first-order valence-corrected chi connectivity index (χ1v) is 9.50. The number of quaternary nitrogens is 2. The minimum absolute atomic E-state index is 0.0377. The summed E-state index contributed by atoms with van der Waals surface area (Å²) in [6.45, 7) is 8.33. The average Bonchev–Trinajstić information content (AvgIpc) is 2.90. The van der Waals surface area contributed by atoms with E-state index >= 15 is 0 Å². The van der Waals surface area contributed by atoms with Crippen molar-refractivity contribution in [2.24, 2.45) is 0 Å². The molecule has 2 heterocycles. The standard InChI is InChI=1S/C17H24FN3OS/c1-2-15-16(22)21(12-11-20-9-7-19-8-10-20)17(23-15)13-5-3-4-6-14(13)18/h3-6,15,17,19H,2,7-12H2,1H3/p+2/t15-,17-/m0/s1. The quantitative estimate of drug-likeness (QED) is 0.769. The van der Waals surface area contributed by atoms with E-state index in [1.165, 1.54) is 6.07 Å². The Morgan fingerprint density at radius 2 is 2.09 bits per heavy atom. The van der Waals surface area contributed by atoms with Crippen LogP contribution in [0.3, 0.4) is 0 Å². The van der Waals surface area contributed by atoms with Crippen LogP contribution in [-0.4, -0.2) is 55.3 Å². The summed E-state index contributed by atoms with van der Waals surface area (Å²) in [6.07, 6.45) is 0.802. The maximum atomic E-state index is 14.2. The lowest BCUT2D eigenvalue weighted by molar-refractivity contribution is -0.946. The number of halogens is 1. The van der Waals surface area contributed by atoms with Gasteiger partial charge < -0.3 is 15.1 Å². The van der Waals surface area contributed by atoms with Gasteiger partial charge in [0.15, 0.2) is 0 Å². The number of nitrogens with two attached hydrogens (primary N) is 1. The lowest BCUT2D eigenvalue weighted by Gasteiger charge is -2.28. The second-order valence-corrected chi connectivity index (χ2v) is 7.59. The Balaban J connectivity index is 1.73. The molecule has 2 saturated heterocycles. The average molecular weight is 339 g/mol. The van der Waals surface area contributed by atoms with Gasteiger partial charge in [-0.2, -0.15) is 0 Å². The first kappa shape index (κ1) is 16.7. The van der Waals surface area contributed by atoms with Crippen LogP contribution in [0.15, 0.2) is 24.3 Å². The molecule has 1 amide bonds. The smallest absolute Gasteiger partial charge is 0.237 e. The molecular weight excluding hydrogens is 313 g/mol. The second kappa shape index (κ2) is 7.64. The summed E-state index contributed by atoms with van der Waals surface area (Å²) in [6, 6.07) is 6.86. The monoisotopic (exact) mass is 339 g/mol. The van der Waals surface area contributed by atoms with E-state index in [1.807, 2.05) is 24.0 Å². The summed E-state index contributed by atoms with van der Waals surface area (Å²) in [7, 11) is 0. The van der Waals surface area contributed by atoms with Crippen molar-refractivity contribution in [2.75, 3.05) is 39.3 Å². The molecule has 23 heavy (non-hydrogen) atoms. The summed E-state index contributed by atoms with van der Waals surface area (Å²) in [5.74, 6) is -0.0341. The zero-order chi connectivity index (χ0) is 16.2. The van der Waals surface area contributed by atoms with Crippen molar-refractivity contribution >= 4 is 17.7 Å². The SMILES string of the molecule is CC[C@@H]1S[C@@H](c2ccccc2F)N(CC[NH+]2CC[NH2+]CC2)C1=O. The maximum absolute atomic E-state index is 14.2. The van der Waals surface area contributed by atoms with Gasteiger partial charge in [-0.25, -0.2) is 4.39 Å². The van der Waals surface area contributed by atoms with Crippen LogP contribution >= 0.6 is 11.8 Å². The van der Waals surface area contributed by atoms with E-state index in [2.05, 4.69) is 5.32 Å². The van der Waals surface area contributed by atoms with Crippen LogP contribution in [0.5, 0.6) is 0 Å². The van der Waals surface area contributed by atoms with Gasteiger partial charge in [0.2, 0.25) is 5.91 Å². The van der Waals surface area contributed by atoms with Gasteiger partial charge >= 0.3 is 0 Å². The van der Waals surface area contributed by atoms with Gasteiger partial charge in [-0.1, -0.05) is 25.1 Å². The van der Waals surface area contributed by atoms with Gasteiger partial charge in [0, 0.05) is 5.56 Å². The third-order valence-electron chi connectivity index (χ3n) is 4.79. The molecule has 126 valence electrons. The van der Waals surface area contributed by atoms with Gasteiger partial charge in [-0.15, -0.1) is 11.8 Å². The van der Waals surface area contributed by atoms with Gasteiger partial charge in [-0.3, -0.25) is 4.79 Å². The number of carbonyl (C=O) groups excluding carboxylic acids is 1. The first-order valence-electron chi connectivity index (χ1n) is 8.56. The van der Waals surface area contributed by atoms with Crippen LogP contribution in [0.2, 0.25) is 0 Å². The number of benzene rings is 1. The van der Waals surface area contributed by atoms with E-state index < -0.39 is 0 Å². The van der Waals surface area contributed by atoms with Crippen LogP contribution in [0.4, 0.5) is 4.39 Å². The highest BCUT2D eigenvalue weighted by Crippen LogP contribution is 2.44. The number of amides is 1. The van der Waals surface area contributed by atoms with Crippen LogP contribution in [0.1, 0.15) is 24.3 Å². The Morgan fingerprint density at radius 1 is 1.35 bits per heavy atom. The van der Waals surface area contributed by atoms with Crippen LogP contribution in [0, 0.1) is 5.82 Å². The molecule has 3 N–H and O–H groups in total. The number of rotatable bonds is 5. The fourth-order valence-electron chi connectivity index (χ4n) is 3.41. The number of piperazine rings is 1. The molecule has 1 aromatic rings. The van der Waals surface area contributed by atoms with Crippen LogP contribution < -0.4 is 10.2 Å². The van der Waals surface area contributed by atoms with Crippen LogP contribution in [0.25, 0.3) is 0 Å². The Bertz CT molecular complexity index is 550. The highest BCUT2D eigenvalue weighted by molar-refractivity contribution is 8.01. The molecule has 0 bridgehead atoms. The predicted octanol–water partition coefficient (Wildman–Crippen LogP) is -0.360. The minimum Gasteiger partial charge on any atom is -0.337 e. The zero-order valence-corrected chi connectivity index (χ0v) is 14.4. The summed E-state index contributed by atoms with van der Waals surface area (Å²) >= 11 is 1.60. The van der Waals surface area contributed by atoms with Crippen molar-refractivity contribution < 1.29 is 19.4 Å². The summed E-state index contributed by atoms with van der Waals surface area (Å²) in [5.41, 5.74) is 0.642. The molecule has 0 spiro atoms. The van der Waals surface area contributed by atoms with E-state index in [-0.39, 0.29) is 22.3 Å². The zero-order valence-electron chi connectivity index (χ0n) is 13.6. The molecule has 2 fully saturated rings. The van der Waals surface area contributed by atoms with Crippen molar-refractivity contribution in [1.82, 2.24) is 4.90 Å². The summed E-state index contributed by atoms with van der Waals surface area (Å²) in [5, 5.41) is 2.13. The molecule has 1 aromatic carbocycles. The number of carbonyl (C=O) groups is 1. The highest BCUT2D eigenvalue weighted by atomic mass is 32.2. The minimum atomic E-state index is -0.209. The molecule has 0 radical (unpaired) electrons. The van der Waals surface area contributed by atoms with E-state index in [1.54, 1.807) is 22.7 Å². The molecule has 2 aliphatic heterocycles. The fraction of sp³-hybridized carbons (Fsp3) is 0.588. The van der Waals surface area contributed by atoms with E-state index in [0.29, 0.717) is 5.56 Å². The van der Waals surface area contributed by atoms with Crippen molar-refractivity contribution in [3.63, 3.8) is 0 Å². The Kier molecular flexibility index (Phi) is 5.56. The van der Waals surface area contributed by atoms with Crippen LogP contribution in [-0.2, 0) is 4.79 Å². The number of hydrogen-bond acceptors (Lipinski definition) is 2. The van der Waals surface area contributed by atoms with Gasteiger partial charge in [0.25, 0.3) is 0 Å². The largest absolute Gasteiger partial charge is 0.337 e. The van der Waals surface area contributed by atoms with E-state index in [9.17, 15) is 9.18 Å². The van der Waals surface area contributed by atoms with Gasteiger partial charge in [0.05, 0.1) is 18.3 Å². The predicted molar refractivity (Wildman–Crippen MR) is 89.7 cm³/mol. The number of nitrogens with one attached hydrogen (secondary N) is 1. The summed E-state index contributed by atoms with van der Waals surface area (Å²) in [4.78, 5) is 16.1. The third kappa shape index (κ3) is 3.70. The van der Waals surface area contributed by atoms with Crippen molar-refractivity contribution in [1.29, 1.82) is 0 Å². The number of thioether (sulfide) groups is 1. The second-order valence-electron chi connectivity index (χ2n) is 6.30. The molecular formula is C17H26FN3OS+2. The van der Waals surface area contributed by atoms with Crippen molar-refractivity contribution in [3.8, 4) is 0 Å². The Morgan fingerprint density at radius 3 is 2.78 bits per heavy atom. The molecule has 4 nitrogen and oxygen atoms in total. The molecule has 2 aliphatic rings. The molecule has 3 rings (SSSR count). The molecule has 0 unspecified atom stereocenters. The molecule has 6 heteroatoms. The highest BCUT2D eigenvalue weighted by Gasteiger charge is 2.41. The summed E-state index contributed by atoms with van der Waals surface area (Å²) < 4.78 is 14.2. The molecule has 2 atom stereocenters. The van der Waals surface area contributed by atoms with Gasteiger partial charge in [0.1, 0.15) is 37.4 Å². The van der Waals surface area contributed by atoms with Gasteiger partial charge in [-0.05, 0) is 12.5 Å².